The van der Waals surface area contributed by atoms with Gasteiger partial charge in [0.1, 0.15) is 0 Å². The van der Waals surface area contributed by atoms with E-state index >= 15 is 0 Å². The van der Waals surface area contributed by atoms with E-state index in [1.54, 1.807) is 14.1 Å². The van der Waals surface area contributed by atoms with Crippen LogP contribution in [0.2, 0.25) is 0 Å². The van der Waals surface area contributed by atoms with E-state index in [4.69, 9.17) is 0 Å². The summed E-state index contributed by atoms with van der Waals surface area (Å²) in [6.07, 6.45) is 2.88. The fraction of sp³-hybridized carbons (Fsp3) is 0.778. The summed E-state index contributed by atoms with van der Waals surface area (Å²) >= 11 is 6.46. The van der Waals surface area contributed by atoms with Gasteiger partial charge in [-0.2, -0.15) is 4.31 Å². The first-order valence-corrected chi connectivity index (χ1v) is 8.84. The molecule has 0 unspecified atom stereocenters. The fourth-order valence-corrected chi connectivity index (χ4v) is 4.10. The first kappa shape index (κ1) is 16.1. The molecule has 6 nitrogen and oxygen atoms in total. The van der Waals surface area contributed by atoms with Gasteiger partial charge in [-0.05, 0) is 28.8 Å². The Morgan fingerprint density at radius 3 is 2.50 bits per heavy atom. The maximum atomic E-state index is 12.3. The molecule has 0 aliphatic rings. The number of hydrogen-bond acceptors (Lipinski definition) is 4. The lowest BCUT2D eigenvalue weighted by molar-refractivity contribution is 0.446. The third kappa shape index (κ3) is 3.75. The molecule has 0 aliphatic carbocycles. The zero-order valence-corrected chi connectivity index (χ0v) is 14.3. The Labute approximate surface area is 124 Å². The second kappa shape index (κ2) is 6.97. The van der Waals surface area contributed by atoms with Gasteiger partial charge < -0.3 is 0 Å². The van der Waals surface area contributed by atoms with Crippen molar-refractivity contribution in [3.63, 3.8) is 0 Å². The third-order valence-electron chi connectivity index (χ3n) is 2.50. The molecule has 0 spiro atoms. The van der Waals surface area contributed by atoms with Crippen molar-refractivity contribution < 1.29 is 8.42 Å². The van der Waals surface area contributed by atoms with Gasteiger partial charge >= 0.3 is 0 Å². The fourth-order valence-electron chi connectivity index (χ4n) is 1.47. The average Bonchev–Trinajstić information content (AvgIpc) is 2.64. The Balaban J connectivity index is 2.75. The molecule has 9 heteroatoms. The summed E-state index contributed by atoms with van der Waals surface area (Å²) in [5, 5.41) is 8.41. The molecule has 0 radical (unpaired) electrons. The number of halogens is 2. The van der Waals surface area contributed by atoms with Crippen molar-refractivity contribution in [1.82, 2.24) is 19.3 Å². The summed E-state index contributed by atoms with van der Waals surface area (Å²) in [6, 6.07) is 0. The SMILES string of the molecule is CN(CCCCCBr)S(=O)(=O)c1c(Br)nnn1C. The first-order valence-electron chi connectivity index (χ1n) is 5.48. The second-order valence-electron chi connectivity index (χ2n) is 3.89. The molecule has 0 saturated heterocycles. The van der Waals surface area contributed by atoms with Crippen LogP contribution in [0.5, 0.6) is 0 Å². The van der Waals surface area contributed by atoms with Gasteiger partial charge in [0.25, 0.3) is 10.0 Å². The van der Waals surface area contributed by atoms with Crippen LogP contribution in [0.1, 0.15) is 19.3 Å². The van der Waals surface area contributed by atoms with Crippen LogP contribution >= 0.6 is 31.9 Å². The van der Waals surface area contributed by atoms with E-state index in [9.17, 15) is 8.42 Å². The average molecular weight is 404 g/mol. The molecule has 0 atom stereocenters. The number of aromatic nitrogens is 3. The van der Waals surface area contributed by atoms with Gasteiger partial charge in [0, 0.05) is 26.0 Å². The number of sulfonamides is 1. The van der Waals surface area contributed by atoms with Crippen molar-refractivity contribution in [3.05, 3.63) is 4.60 Å². The number of hydrogen-bond donors (Lipinski definition) is 0. The van der Waals surface area contributed by atoms with Crippen LogP contribution in [0.4, 0.5) is 0 Å². The summed E-state index contributed by atoms with van der Waals surface area (Å²) in [5.74, 6) is 0. The van der Waals surface area contributed by atoms with Gasteiger partial charge in [-0.1, -0.05) is 27.6 Å². The summed E-state index contributed by atoms with van der Waals surface area (Å²) in [7, 11) is -0.400. The zero-order chi connectivity index (χ0) is 13.8. The second-order valence-corrected chi connectivity index (χ2v) is 7.39. The van der Waals surface area contributed by atoms with Crippen molar-refractivity contribution in [1.29, 1.82) is 0 Å². The molecule has 1 rings (SSSR count). The van der Waals surface area contributed by atoms with Gasteiger partial charge in [-0.15, -0.1) is 5.10 Å². The Bertz CT molecular complexity index is 469. The van der Waals surface area contributed by atoms with E-state index in [-0.39, 0.29) is 9.63 Å². The highest BCUT2D eigenvalue weighted by Crippen LogP contribution is 2.21. The third-order valence-corrected chi connectivity index (χ3v) is 5.81. The van der Waals surface area contributed by atoms with E-state index in [1.807, 2.05) is 0 Å². The van der Waals surface area contributed by atoms with Gasteiger partial charge in [0.15, 0.2) is 4.60 Å². The minimum Gasteiger partial charge on any atom is -0.235 e. The Kier molecular flexibility index (Phi) is 6.22. The molecule has 18 heavy (non-hydrogen) atoms. The number of alkyl halides is 1. The molecule has 0 N–H and O–H groups in total. The molecule has 0 amide bonds. The summed E-state index contributed by atoms with van der Waals surface area (Å²) in [4.78, 5) is 0. The number of rotatable bonds is 7. The lowest BCUT2D eigenvalue weighted by Crippen LogP contribution is -2.29. The molecule has 1 aromatic rings. The standard InChI is InChI=1S/C9H16Br2N4O2S/c1-14(7-5-3-4-6-10)18(16,17)9-8(11)12-13-15(9)2/h3-7H2,1-2H3. The van der Waals surface area contributed by atoms with E-state index < -0.39 is 10.0 Å². The van der Waals surface area contributed by atoms with Crippen LogP contribution < -0.4 is 0 Å². The lowest BCUT2D eigenvalue weighted by Gasteiger charge is -2.16. The Morgan fingerprint density at radius 2 is 2.00 bits per heavy atom. The lowest BCUT2D eigenvalue weighted by atomic mass is 10.2. The monoisotopic (exact) mass is 402 g/mol. The highest BCUT2D eigenvalue weighted by Gasteiger charge is 2.27. The van der Waals surface area contributed by atoms with Gasteiger partial charge in [0.2, 0.25) is 5.03 Å². The van der Waals surface area contributed by atoms with Crippen molar-refractivity contribution in [2.45, 2.75) is 24.3 Å². The smallest absolute Gasteiger partial charge is 0.235 e. The molecular formula is C9H16Br2N4O2S. The molecular weight excluding hydrogens is 388 g/mol. The Morgan fingerprint density at radius 1 is 1.33 bits per heavy atom. The normalized spacial score (nSPS) is 12.3. The van der Waals surface area contributed by atoms with E-state index in [0.717, 1.165) is 24.6 Å². The quantitative estimate of drug-likeness (QED) is 0.513. The summed E-state index contributed by atoms with van der Waals surface area (Å²) in [6.45, 7) is 0.493. The largest absolute Gasteiger partial charge is 0.262 e. The first-order chi connectivity index (χ1) is 8.41. The molecule has 0 bridgehead atoms. The maximum absolute atomic E-state index is 12.3. The van der Waals surface area contributed by atoms with Crippen LogP contribution in [-0.4, -0.2) is 46.6 Å². The van der Waals surface area contributed by atoms with Crippen molar-refractivity contribution >= 4 is 41.9 Å². The minimum atomic E-state index is -3.53. The number of nitrogens with zero attached hydrogens (tertiary/aromatic N) is 4. The molecule has 1 aromatic heterocycles. The van der Waals surface area contributed by atoms with E-state index in [2.05, 4.69) is 42.2 Å². The molecule has 0 saturated carbocycles. The van der Waals surface area contributed by atoms with Crippen molar-refractivity contribution in [2.75, 3.05) is 18.9 Å². The number of unbranched alkanes of at least 4 members (excludes halogenated alkanes) is 2. The molecule has 1 heterocycles. The number of aryl methyl sites for hydroxylation is 1. The predicted molar refractivity (Wildman–Crippen MR) is 76.2 cm³/mol. The van der Waals surface area contributed by atoms with Crippen LogP contribution in [0.25, 0.3) is 0 Å². The van der Waals surface area contributed by atoms with E-state index in [1.165, 1.54) is 8.99 Å². The van der Waals surface area contributed by atoms with Gasteiger partial charge in [-0.3, -0.25) is 0 Å². The van der Waals surface area contributed by atoms with E-state index in [0.29, 0.717) is 6.54 Å². The summed E-state index contributed by atoms with van der Waals surface area (Å²) < 4.78 is 27.4. The van der Waals surface area contributed by atoms with Crippen LogP contribution in [-0.2, 0) is 17.1 Å². The maximum Gasteiger partial charge on any atom is 0.262 e. The van der Waals surface area contributed by atoms with Gasteiger partial charge in [-0.25, -0.2) is 13.1 Å². The Hall–Kier alpha value is 0.0100. The molecule has 0 aliphatic heterocycles. The molecule has 0 aromatic carbocycles. The van der Waals surface area contributed by atoms with Crippen LogP contribution in [0.3, 0.4) is 0 Å². The van der Waals surface area contributed by atoms with Crippen molar-refractivity contribution in [2.24, 2.45) is 7.05 Å². The zero-order valence-electron chi connectivity index (χ0n) is 10.3. The minimum absolute atomic E-state index is 0.0884. The van der Waals surface area contributed by atoms with Crippen LogP contribution in [0.15, 0.2) is 9.63 Å². The highest BCUT2D eigenvalue weighted by molar-refractivity contribution is 9.10. The molecule has 104 valence electrons. The predicted octanol–water partition coefficient (Wildman–Crippen LogP) is 1.76. The van der Waals surface area contributed by atoms with Crippen LogP contribution in [0, 0.1) is 0 Å². The summed E-state index contributed by atoms with van der Waals surface area (Å²) in [5.41, 5.74) is 0. The van der Waals surface area contributed by atoms with Gasteiger partial charge in [0.05, 0.1) is 0 Å². The van der Waals surface area contributed by atoms with Crippen molar-refractivity contribution in [3.8, 4) is 0 Å². The topological polar surface area (TPSA) is 68.1 Å². The highest BCUT2D eigenvalue weighted by atomic mass is 79.9. The molecule has 0 fully saturated rings.